The normalized spacial score (nSPS) is 17.6. The number of nitrogens with one attached hydrogen (secondary N) is 1. The first-order valence-electron chi connectivity index (χ1n) is 11.8. The number of amides is 1. The molecule has 3 aromatic rings. The number of halogens is 2. The molecule has 9 heteroatoms. The predicted octanol–water partition coefficient (Wildman–Crippen LogP) is 4.58. The average molecular weight is 499 g/mol. The Balaban J connectivity index is 1.41. The maximum Gasteiger partial charge on any atom is 0.221 e. The molecular formula is C25H28Cl2N6O. The molecule has 1 aromatic carbocycles. The quantitative estimate of drug-likeness (QED) is 0.515. The summed E-state index contributed by atoms with van der Waals surface area (Å²) in [6.07, 6.45) is 7.58. The third-order valence-corrected chi connectivity index (χ3v) is 7.68. The molecule has 0 bridgehead atoms. The number of rotatable bonds is 7. The van der Waals surface area contributed by atoms with E-state index in [2.05, 4.69) is 44.0 Å². The molecule has 1 N–H and O–H groups in total. The van der Waals surface area contributed by atoms with Crippen molar-refractivity contribution in [2.75, 3.05) is 25.0 Å². The third-order valence-electron chi connectivity index (χ3n) is 7.13. The number of hydrogen-bond donors (Lipinski definition) is 1. The van der Waals surface area contributed by atoms with Gasteiger partial charge in [0.25, 0.3) is 0 Å². The summed E-state index contributed by atoms with van der Waals surface area (Å²) in [5, 5.41) is 13.3. The summed E-state index contributed by atoms with van der Waals surface area (Å²) in [4.78, 5) is 18.4. The summed E-state index contributed by atoms with van der Waals surface area (Å²) in [5.74, 6) is 2.24. The molecule has 178 valence electrons. The minimum absolute atomic E-state index is 0.0203. The van der Waals surface area contributed by atoms with Crippen molar-refractivity contribution in [3.63, 3.8) is 0 Å². The second-order valence-electron chi connectivity index (χ2n) is 9.12. The van der Waals surface area contributed by atoms with Crippen LogP contribution in [0.15, 0.2) is 42.7 Å². The van der Waals surface area contributed by atoms with Crippen LogP contribution in [0.4, 0.5) is 5.69 Å². The fourth-order valence-electron chi connectivity index (χ4n) is 5.12. The van der Waals surface area contributed by atoms with E-state index in [9.17, 15) is 4.79 Å². The van der Waals surface area contributed by atoms with Crippen LogP contribution in [0.1, 0.15) is 55.2 Å². The summed E-state index contributed by atoms with van der Waals surface area (Å²) >= 11 is 12.8. The first-order chi connectivity index (χ1) is 16.5. The molecule has 0 atom stereocenters. The molecule has 0 spiro atoms. The van der Waals surface area contributed by atoms with Gasteiger partial charge in [0.05, 0.1) is 21.1 Å². The maximum absolute atomic E-state index is 12.1. The van der Waals surface area contributed by atoms with Crippen molar-refractivity contribution in [1.29, 1.82) is 0 Å². The Kier molecular flexibility index (Phi) is 6.49. The zero-order valence-corrected chi connectivity index (χ0v) is 20.7. The number of pyridine rings is 1. The number of benzene rings is 1. The number of piperidine rings is 1. The summed E-state index contributed by atoms with van der Waals surface area (Å²) < 4.78 is 2.22. The van der Waals surface area contributed by atoms with Gasteiger partial charge in [0, 0.05) is 51.4 Å². The highest BCUT2D eigenvalue weighted by molar-refractivity contribution is 6.38. The zero-order valence-electron chi connectivity index (χ0n) is 19.2. The van der Waals surface area contributed by atoms with Crippen LogP contribution in [-0.4, -0.2) is 45.8 Å². The molecule has 5 rings (SSSR count). The lowest BCUT2D eigenvalue weighted by molar-refractivity contribution is -0.120. The van der Waals surface area contributed by atoms with E-state index in [1.54, 1.807) is 19.4 Å². The van der Waals surface area contributed by atoms with Gasteiger partial charge < -0.3 is 14.8 Å². The van der Waals surface area contributed by atoms with E-state index in [1.165, 1.54) is 5.56 Å². The molecule has 0 unspecified atom stereocenters. The third kappa shape index (κ3) is 4.27. The van der Waals surface area contributed by atoms with Crippen LogP contribution in [0.2, 0.25) is 10.0 Å². The van der Waals surface area contributed by atoms with E-state index in [-0.39, 0.29) is 17.2 Å². The molecule has 3 heterocycles. The number of carbonyl (C=O) groups is 1. The maximum atomic E-state index is 12.1. The van der Waals surface area contributed by atoms with Crippen molar-refractivity contribution in [3.8, 4) is 0 Å². The molecule has 1 amide bonds. The summed E-state index contributed by atoms with van der Waals surface area (Å²) in [5.41, 5.74) is 2.01. The van der Waals surface area contributed by atoms with Gasteiger partial charge in [0.2, 0.25) is 5.91 Å². The highest BCUT2D eigenvalue weighted by Gasteiger charge is 2.50. The van der Waals surface area contributed by atoms with E-state index in [0.717, 1.165) is 56.1 Å². The Hall–Kier alpha value is -2.64. The van der Waals surface area contributed by atoms with Crippen molar-refractivity contribution in [2.45, 2.75) is 50.0 Å². The number of carbonyl (C=O) groups excluding carboxylic acids is 1. The molecule has 1 aliphatic carbocycles. The Bertz CT molecular complexity index is 1150. The van der Waals surface area contributed by atoms with Crippen LogP contribution in [0, 0.1) is 0 Å². The minimum atomic E-state index is -0.103. The van der Waals surface area contributed by atoms with E-state index >= 15 is 0 Å². The first-order valence-corrected chi connectivity index (χ1v) is 12.5. The Morgan fingerprint density at radius 2 is 1.76 bits per heavy atom. The van der Waals surface area contributed by atoms with E-state index in [1.807, 2.05) is 6.07 Å². The van der Waals surface area contributed by atoms with E-state index in [4.69, 9.17) is 33.4 Å². The highest BCUT2D eigenvalue weighted by Crippen LogP contribution is 2.53. The number of hydrogen-bond acceptors (Lipinski definition) is 5. The fourth-order valence-corrected chi connectivity index (χ4v) is 5.73. The minimum Gasteiger partial charge on any atom is -0.369 e. The lowest BCUT2D eigenvalue weighted by Gasteiger charge is -2.34. The molecule has 0 radical (unpaired) electrons. The van der Waals surface area contributed by atoms with Crippen LogP contribution in [0.25, 0.3) is 0 Å². The monoisotopic (exact) mass is 498 g/mol. The summed E-state index contributed by atoms with van der Waals surface area (Å²) in [7, 11) is 1.67. The Morgan fingerprint density at radius 3 is 2.38 bits per heavy atom. The molecule has 1 saturated heterocycles. The van der Waals surface area contributed by atoms with Crippen molar-refractivity contribution in [1.82, 2.24) is 25.1 Å². The van der Waals surface area contributed by atoms with Gasteiger partial charge in [0.15, 0.2) is 0 Å². The topological polar surface area (TPSA) is 75.9 Å². The van der Waals surface area contributed by atoms with Crippen LogP contribution in [-0.2, 0) is 16.8 Å². The summed E-state index contributed by atoms with van der Waals surface area (Å²) in [6, 6.07) is 10.5. The molecule has 1 saturated carbocycles. The van der Waals surface area contributed by atoms with Gasteiger partial charge in [-0.2, -0.15) is 0 Å². The SMILES string of the molecule is CNC(=O)CCn1c(C2CCN(c3c(Cl)cncc3Cl)CC2)nnc1C1(c2ccccc2)CC1. The van der Waals surface area contributed by atoms with Crippen LogP contribution >= 0.6 is 23.2 Å². The molecule has 34 heavy (non-hydrogen) atoms. The molecule has 1 aliphatic heterocycles. The Labute approximate surface area is 209 Å². The van der Waals surface area contributed by atoms with E-state index in [0.29, 0.717) is 23.0 Å². The van der Waals surface area contributed by atoms with Gasteiger partial charge in [-0.05, 0) is 31.2 Å². The summed E-state index contributed by atoms with van der Waals surface area (Å²) in [6.45, 7) is 2.21. The van der Waals surface area contributed by atoms with Crippen molar-refractivity contribution >= 4 is 34.8 Å². The molecule has 2 aromatic heterocycles. The van der Waals surface area contributed by atoms with Gasteiger partial charge in [0.1, 0.15) is 11.6 Å². The second-order valence-corrected chi connectivity index (χ2v) is 9.93. The second kappa shape index (κ2) is 9.55. The van der Waals surface area contributed by atoms with Crippen LogP contribution < -0.4 is 10.2 Å². The fraction of sp³-hybridized carbons (Fsp3) is 0.440. The Morgan fingerprint density at radius 1 is 1.09 bits per heavy atom. The van der Waals surface area contributed by atoms with Gasteiger partial charge in [-0.3, -0.25) is 9.78 Å². The largest absolute Gasteiger partial charge is 0.369 e. The van der Waals surface area contributed by atoms with Crippen LogP contribution in [0.5, 0.6) is 0 Å². The first kappa shape index (κ1) is 23.1. The lowest BCUT2D eigenvalue weighted by atomic mass is 9.93. The van der Waals surface area contributed by atoms with Gasteiger partial charge >= 0.3 is 0 Å². The molecule has 2 aliphatic rings. The van der Waals surface area contributed by atoms with Gasteiger partial charge in [-0.25, -0.2) is 0 Å². The highest BCUT2D eigenvalue weighted by atomic mass is 35.5. The molecule has 2 fully saturated rings. The predicted molar refractivity (Wildman–Crippen MR) is 134 cm³/mol. The zero-order chi connectivity index (χ0) is 23.7. The lowest BCUT2D eigenvalue weighted by Crippen LogP contribution is -2.34. The number of aromatic nitrogens is 4. The average Bonchev–Trinajstić information content (AvgIpc) is 3.56. The van der Waals surface area contributed by atoms with Gasteiger partial charge in [-0.15, -0.1) is 10.2 Å². The number of anilines is 1. The van der Waals surface area contributed by atoms with Crippen molar-refractivity contribution in [2.24, 2.45) is 0 Å². The smallest absolute Gasteiger partial charge is 0.221 e. The van der Waals surface area contributed by atoms with E-state index < -0.39 is 0 Å². The standard InChI is InChI=1S/C25H28Cl2N6O/c1-28-21(34)9-14-33-23(30-31-24(33)25(10-11-25)18-5-3-2-4-6-18)17-7-12-32(13-8-17)22-19(26)15-29-16-20(22)27/h2-6,15-17H,7-14H2,1H3,(H,28,34). The van der Waals surface area contributed by atoms with Gasteiger partial charge in [-0.1, -0.05) is 53.5 Å². The number of nitrogens with zero attached hydrogens (tertiary/aromatic N) is 5. The van der Waals surface area contributed by atoms with Crippen molar-refractivity contribution in [3.05, 3.63) is 70.0 Å². The van der Waals surface area contributed by atoms with Crippen LogP contribution in [0.3, 0.4) is 0 Å². The molecule has 7 nitrogen and oxygen atoms in total. The van der Waals surface area contributed by atoms with Crippen molar-refractivity contribution < 1.29 is 4.79 Å². The molecular weight excluding hydrogens is 471 g/mol.